The van der Waals surface area contributed by atoms with Crippen molar-refractivity contribution in [3.8, 4) is 0 Å². The minimum atomic E-state index is -1.29. The minimum Gasteiger partial charge on any atom is -0.480 e. The summed E-state index contributed by atoms with van der Waals surface area (Å²) in [6.07, 6.45) is 2.24. The number of urea groups is 1. The Morgan fingerprint density at radius 1 is 1.56 bits per heavy atom. The maximum atomic E-state index is 11.3. The van der Waals surface area contributed by atoms with E-state index in [1.807, 2.05) is 6.07 Å². The number of aliphatic hydroxyl groups is 1. The molecule has 0 spiro atoms. The van der Waals surface area contributed by atoms with Crippen molar-refractivity contribution >= 4 is 12.0 Å². The number of amides is 2. The van der Waals surface area contributed by atoms with E-state index in [-0.39, 0.29) is 0 Å². The van der Waals surface area contributed by atoms with Crippen molar-refractivity contribution < 1.29 is 19.8 Å². The van der Waals surface area contributed by atoms with Crippen LogP contribution in [-0.2, 0) is 18.3 Å². The number of carbonyl (C=O) groups excluding carboxylic acids is 1. The van der Waals surface area contributed by atoms with Crippen LogP contribution in [0.5, 0.6) is 0 Å². The normalized spacial score (nSPS) is 11.9. The van der Waals surface area contributed by atoms with Crippen LogP contribution in [0.4, 0.5) is 4.79 Å². The van der Waals surface area contributed by atoms with Crippen LogP contribution in [-0.4, -0.2) is 51.2 Å². The van der Waals surface area contributed by atoms with Gasteiger partial charge in [0.1, 0.15) is 0 Å². The lowest BCUT2D eigenvalue weighted by Crippen LogP contribution is -2.48. The molecule has 4 N–H and O–H groups in total. The first kappa shape index (κ1) is 14.0. The number of rotatable bonds is 6. The molecule has 8 nitrogen and oxygen atoms in total. The van der Waals surface area contributed by atoms with Gasteiger partial charge in [-0.15, -0.1) is 0 Å². The van der Waals surface area contributed by atoms with Gasteiger partial charge in [-0.25, -0.2) is 9.59 Å². The Morgan fingerprint density at radius 2 is 2.28 bits per heavy atom. The number of aliphatic carboxylic acids is 1. The van der Waals surface area contributed by atoms with Crippen LogP contribution < -0.4 is 10.6 Å². The largest absolute Gasteiger partial charge is 0.480 e. The lowest BCUT2D eigenvalue weighted by molar-refractivity contribution is -0.140. The lowest BCUT2D eigenvalue weighted by Gasteiger charge is -2.12. The fourth-order valence-corrected chi connectivity index (χ4v) is 1.35. The third-order valence-corrected chi connectivity index (χ3v) is 2.38. The zero-order valence-corrected chi connectivity index (χ0v) is 9.96. The van der Waals surface area contributed by atoms with Crippen LogP contribution in [0.2, 0.25) is 0 Å². The highest BCUT2D eigenvalue weighted by Gasteiger charge is 2.18. The van der Waals surface area contributed by atoms with Crippen LogP contribution in [0.1, 0.15) is 5.69 Å². The Bertz CT molecular complexity index is 418. The molecule has 100 valence electrons. The average molecular weight is 256 g/mol. The average Bonchev–Trinajstić information content (AvgIpc) is 2.71. The lowest BCUT2D eigenvalue weighted by atomic mass is 10.3. The van der Waals surface area contributed by atoms with Crippen LogP contribution in [0.25, 0.3) is 0 Å². The van der Waals surface area contributed by atoms with Crippen molar-refractivity contribution in [2.45, 2.75) is 12.5 Å². The molecule has 8 heteroatoms. The van der Waals surface area contributed by atoms with Crippen LogP contribution in [0.15, 0.2) is 12.3 Å². The first-order valence-corrected chi connectivity index (χ1v) is 5.39. The molecule has 1 heterocycles. The first-order chi connectivity index (χ1) is 8.54. The molecule has 0 radical (unpaired) electrons. The van der Waals surface area contributed by atoms with Gasteiger partial charge in [0, 0.05) is 31.9 Å². The van der Waals surface area contributed by atoms with Crippen molar-refractivity contribution in [3.63, 3.8) is 0 Å². The second-order valence-electron chi connectivity index (χ2n) is 3.67. The van der Waals surface area contributed by atoms with Crippen molar-refractivity contribution in [2.24, 2.45) is 7.05 Å². The highest BCUT2D eigenvalue weighted by atomic mass is 16.4. The fourth-order valence-electron chi connectivity index (χ4n) is 1.35. The van der Waals surface area contributed by atoms with Crippen molar-refractivity contribution in [2.75, 3.05) is 13.2 Å². The summed E-state index contributed by atoms with van der Waals surface area (Å²) in [6, 6.07) is -0.0896. The summed E-state index contributed by atoms with van der Waals surface area (Å²) in [5.41, 5.74) is 0.951. The molecule has 0 unspecified atom stereocenters. The number of hydrogen-bond donors (Lipinski definition) is 4. The third kappa shape index (κ3) is 4.06. The number of carboxylic acid groups (broad SMARTS) is 1. The molecular weight excluding hydrogens is 240 g/mol. The van der Waals surface area contributed by atoms with E-state index in [0.717, 1.165) is 5.69 Å². The Labute approximate surface area is 104 Å². The maximum absolute atomic E-state index is 11.3. The van der Waals surface area contributed by atoms with Gasteiger partial charge < -0.3 is 20.8 Å². The van der Waals surface area contributed by atoms with Gasteiger partial charge in [0.25, 0.3) is 0 Å². The molecule has 1 atom stereocenters. The van der Waals surface area contributed by atoms with Gasteiger partial charge in [0.2, 0.25) is 0 Å². The number of aryl methyl sites for hydroxylation is 1. The van der Waals surface area contributed by atoms with Gasteiger partial charge in [-0.1, -0.05) is 0 Å². The van der Waals surface area contributed by atoms with Crippen molar-refractivity contribution in [1.82, 2.24) is 20.4 Å². The van der Waals surface area contributed by atoms with E-state index in [1.165, 1.54) is 0 Å². The topological polar surface area (TPSA) is 116 Å². The fraction of sp³-hybridized carbons (Fsp3) is 0.500. The number of hydrogen-bond acceptors (Lipinski definition) is 4. The minimum absolute atomic E-state index is 0.350. The van der Waals surface area contributed by atoms with Gasteiger partial charge >= 0.3 is 12.0 Å². The summed E-state index contributed by atoms with van der Waals surface area (Å²) >= 11 is 0. The van der Waals surface area contributed by atoms with E-state index >= 15 is 0 Å². The van der Waals surface area contributed by atoms with Crippen LogP contribution in [0, 0.1) is 0 Å². The predicted molar refractivity (Wildman–Crippen MR) is 62.0 cm³/mol. The summed E-state index contributed by atoms with van der Waals surface area (Å²) < 4.78 is 1.69. The van der Waals surface area contributed by atoms with E-state index in [4.69, 9.17) is 10.2 Å². The number of aromatic nitrogens is 2. The van der Waals surface area contributed by atoms with Crippen LogP contribution in [0.3, 0.4) is 0 Å². The number of carbonyl (C=O) groups is 2. The third-order valence-electron chi connectivity index (χ3n) is 2.38. The zero-order chi connectivity index (χ0) is 13.5. The van der Waals surface area contributed by atoms with E-state index in [2.05, 4.69) is 15.7 Å². The Balaban J connectivity index is 2.29. The molecular formula is C10H16N4O4. The van der Waals surface area contributed by atoms with Gasteiger partial charge in [-0.2, -0.15) is 5.10 Å². The highest BCUT2D eigenvalue weighted by molar-refractivity contribution is 5.82. The molecule has 0 saturated carbocycles. The second-order valence-corrected chi connectivity index (χ2v) is 3.67. The monoisotopic (exact) mass is 256 g/mol. The quantitative estimate of drug-likeness (QED) is 0.505. The van der Waals surface area contributed by atoms with Gasteiger partial charge in [-0.05, 0) is 6.07 Å². The SMILES string of the molecule is Cn1nccc1CCNC(=O)N[C@H](CO)C(=O)O. The number of carboxylic acids is 1. The van der Waals surface area contributed by atoms with Crippen molar-refractivity contribution in [1.29, 1.82) is 0 Å². The molecule has 0 aliphatic rings. The van der Waals surface area contributed by atoms with Gasteiger partial charge in [-0.3, -0.25) is 4.68 Å². The molecule has 18 heavy (non-hydrogen) atoms. The Hall–Kier alpha value is -2.09. The van der Waals surface area contributed by atoms with E-state index in [0.29, 0.717) is 13.0 Å². The van der Waals surface area contributed by atoms with E-state index in [9.17, 15) is 9.59 Å². The first-order valence-electron chi connectivity index (χ1n) is 5.39. The number of aliphatic hydroxyl groups excluding tert-OH is 1. The molecule has 0 aliphatic heterocycles. The van der Waals surface area contributed by atoms with Gasteiger partial charge in [0.05, 0.1) is 6.61 Å². The molecule has 2 amide bonds. The Morgan fingerprint density at radius 3 is 2.78 bits per heavy atom. The smallest absolute Gasteiger partial charge is 0.328 e. The summed E-state index contributed by atoms with van der Waals surface area (Å²) in [6.45, 7) is -0.298. The second kappa shape index (κ2) is 6.60. The highest BCUT2D eigenvalue weighted by Crippen LogP contribution is 1.95. The summed E-state index contributed by atoms with van der Waals surface area (Å²) in [5.74, 6) is -1.28. The van der Waals surface area contributed by atoms with Crippen LogP contribution >= 0.6 is 0 Å². The summed E-state index contributed by atoms with van der Waals surface area (Å²) in [7, 11) is 1.79. The molecule has 0 saturated heterocycles. The van der Waals surface area contributed by atoms with E-state index < -0.39 is 24.6 Å². The Kier molecular flexibility index (Phi) is 5.12. The molecule has 0 bridgehead atoms. The molecule has 1 aromatic rings. The van der Waals surface area contributed by atoms with E-state index in [1.54, 1.807) is 17.9 Å². The van der Waals surface area contributed by atoms with Crippen molar-refractivity contribution in [3.05, 3.63) is 18.0 Å². The maximum Gasteiger partial charge on any atom is 0.328 e. The number of nitrogens with zero attached hydrogens (tertiary/aromatic N) is 2. The molecule has 0 aliphatic carbocycles. The summed E-state index contributed by atoms with van der Waals surface area (Å²) in [4.78, 5) is 21.9. The molecule has 1 rings (SSSR count). The van der Waals surface area contributed by atoms with Gasteiger partial charge in [0.15, 0.2) is 6.04 Å². The number of nitrogens with one attached hydrogen (secondary N) is 2. The predicted octanol–water partition coefficient (Wildman–Crippen LogP) is -1.29. The molecule has 0 aromatic carbocycles. The standard InChI is InChI=1S/C10H16N4O4/c1-14-7(3-5-12-14)2-4-11-10(18)13-8(6-15)9(16)17/h3,5,8,15H,2,4,6H2,1H3,(H,16,17)(H2,11,13,18)/t8-/m1/s1. The molecule has 0 fully saturated rings. The summed E-state index contributed by atoms with van der Waals surface area (Å²) in [5, 5.41) is 26.0. The zero-order valence-electron chi connectivity index (χ0n) is 9.96. The molecule has 1 aromatic heterocycles.